The highest BCUT2D eigenvalue weighted by Gasteiger charge is 2.30. The van der Waals surface area contributed by atoms with Crippen LogP contribution in [0.1, 0.15) is 33.6 Å². The van der Waals surface area contributed by atoms with Crippen LogP contribution >= 0.6 is 0 Å². The van der Waals surface area contributed by atoms with Crippen molar-refractivity contribution >= 4 is 0 Å². The van der Waals surface area contributed by atoms with Crippen molar-refractivity contribution in [2.45, 2.75) is 39.7 Å². The third-order valence-electron chi connectivity index (χ3n) is 2.76. The standard InChI is InChI=1S/C9H19N/c1-6(2)8-4-7(3)5-9(8)10/h6-9H,4-5,10H2,1-3H3. The van der Waals surface area contributed by atoms with Crippen molar-refractivity contribution in [1.29, 1.82) is 0 Å². The summed E-state index contributed by atoms with van der Waals surface area (Å²) in [5.41, 5.74) is 5.97. The fourth-order valence-corrected chi connectivity index (χ4v) is 2.14. The summed E-state index contributed by atoms with van der Waals surface area (Å²) in [6.45, 7) is 6.87. The zero-order valence-electron chi connectivity index (χ0n) is 7.30. The molecule has 0 aromatic heterocycles. The minimum Gasteiger partial charge on any atom is -0.327 e. The van der Waals surface area contributed by atoms with Crippen LogP contribution in [0.4, 0.5) is 0 Å². The van der Waals surface area contributed by atoms with Crippen LogP contribution in [0.2, 0.25) is 0 Å². The van der Waals surface area contributed by atoms with Crippen molar-refractivity contribution in [3.8, 4) is 0 Å². The molecule has 1 rings (SSSR count). The van der Waals surface area contributed by atoms with E-state index >= 15 is 0 Å². The van der Waals surface area contributed by atoms with Crippen molar-refractivity contribution in [3.63, 3.8) is 0 Å². The third-order valence-corrected chi connectivity index (χ3v) is 2.76. The van der Waals surface area contributed by atoms with E-state index in [0.29, 0.717) is 6.04 Å². The molecule has 1 fully saturated rings. The molecule has 3 atom stereocenters. The first kappa shape index (κ1) is 8.06. The molecule has 1 heteroatoms. The highest BCUT2D eigenvalue weighted by Crippen LogP contribution is 2.34. The Balaban J connectivity index is 2.46. The molecule has 1 nitrogen and oxygen atoms in total. The van der Waals surface area contributed by atoms with Crippen LogP contribution in [0.15, 0.2) is 0 Å². The highest BCUT2D eigenvalue weighted by molar-refractivity contribution is 4.85. The van der Waals surface area contributed by atoms with E-state index in [-0.39, 0.29) is 0 Å². The largest absolute Gasteiger partial charge is 0.327 e. The summed E-state index contributed by atoms with van der Waals surface area (Å²) in [5.74, 6) is 2.43. The zero-order chi connectivity index (χ0) is 7.72. The summed E-state index contributed by atoms with van der Waals surface area (Å²) in [6.07, 6.45) is 2.58. The average molecular weight is 141 g/mol. The maximum Gasteiger partial charge on any atom is 0.00722 e. The van der Waals surface area contributed by atoms with E-state index in [9.17, 15) is 0 Å². The lowest BCUT2D eigenvalue weighted by Crippen LogP contribution is -2.27. The van der Waals surface area contributed by atoms with Crippen LogP contribution in [0.3, 0.4) is 0 Å². The Morgan fingerprint density at radius 2 is 1.90 bits per heavy atom. The molecule has 0 amide bonds. The molecule has 0 aliphatic heterocycles. The summed E-state index contributed by atoms with van der Waals surface area (Å²) in [4.78, 5) is 0. The minimum atomic E-state index is 0.481. The van der Waals surface area contributed by atoms with Crippen LogP contribution < -0.4 is 5.73 Å². The first-order chi connectivity index (χ1) is 4.61. The molecular formula is C9H19N. The third kappa shape index (κ3) is 1.51. The molecule has 60 valence electrons. The van der Waals surface area contributed by atoms with Crippen LogP contribution in [-0.4, -0.2) is 6.04 Å². The summed E-state index contributed by atoms with van der Waals surface area (Å²) in [7, 11) is 0. The Morgan fingerprint density at radius 3 is 2.10 bits per heavy atom. The normalized spacial score (nSPS) is 41.1. The molecule has 0 radical (unpaired) electrons. The van der Waals surface area contributed by atoms with Gasteiger partial charge < -0.3 is 5.73 Å². The van der Waals surface area contributed by atoms with Gasteiger partial charge in [0.25, 0.3) is 0 Å². The molecule has 1 saturated carbocycles. The van der Waals surface area contributed by atoms with E-state index in [4.69, 9.17) is 5.73 Å². The van der Waals surface area contributed by atoms with Crippen molar-refractivity contribution < 1.29 is 0 Å². The van der Waals surface area contributed by atoms with Gasteiger partial charge in [-0.1, -0.05) is 20.8 Å². The lowest BCUT2D eigenvalue weighted by Gasteiger charge is -2.18. The molecule has 0 spiro atoms. The second kappa shape index (κ2) is 2.91. The Bertz CT molecular complexity index is 109. The monoisotopic (exact) mass is 141 g/mol. The molecule has 0 saturated heterocycles. The summed E-state index contributed by atoms with van der Waals surface area (Å²) in [5, 5.41) is 0. The Hall–Kier alpha value is -0.0400. The van der Waals surface area contributed by atoms with Crippen LogP contribution in [-0.2, 0) is 0 Å². The van der Waals surface area contributed by atoms with Gasteiger partial charge in [-0.15, -0.1) is 0 Å². The van der Waals surface area contributed by atoms with Gasteiger partial charge in [-0.2, -0.15) is 0 Å². The maximum absolute atomic E-state index is 5.97. The molecule has 3 unspecified atom stereocenters. The lowest BCUT2D eigenvalue weighted by atomic mass is 9.91. The first-order valence-corrected chi connectivity index (χ1v) is 4.37. The summed E-state index contributed by atoms with van der Waals surface area (Å²) >= 11 is 0. The Labute approximate surface area is 64.0 Å². The molecule has 10 heavy (non-hydrogen) atoms. The van der Waals surface area contributed by atoms with Gasteiger partial charge in [0.15, 0.2) is 0 Å². The number of hydrogen-bond donors (Lipinski definition) is 1. The van der Waals surface area contributed by atoms with Crippen LogP contribution in [0, 0.1) is 17.8 Å². The van der Waals surface area contributed by atoms with Gasteiger partial charge >= 0.3 is 0 Å². The highest BCUT2D eigenvalue weighted by atomic mass is 14.7. The predicted octanol–water partition coefficient (Wildman–Crippen LogP) is 2.02. The molecule has 2 N–H and O–H groups in total. The van der Waals surface area contributed by atoms with Crippen molar-refractivity contribution in [3.05, 3.63) is 0 Å². The smallest absolute Gasteiger partial charge is 0.00722 e. The van der Waals surface area contributed by atoms with Gasteiger partial charge in [-0.25, -0.2) is 0 Å². The molecule has 0 heterocycles. The summed E-state index contributed by atoms with van der Waals surface area (Å²) < 4.78 is 0. The second-order valence-electron chi connectivity index (χ2n) is 4.15. The number of rotatable bonds is 1. The lowest BCUT2D eigenvalue weighted by molar-refractivity contribution is 0.352. The second-order valence-corrected chi connectivity index (χ2v) is 4.15. The zero-order valence-corrected chi connectivity index (χ0v) is 7.30. The molecule has 1 aliphatic carbocycles. The Morgan fingerprint density at radius 1 is 1.30 bits per heavy atom. The molecular weight excluding hydrogens is 122 g/mol. The van der Waals surface area contributed by atoms with Gasteiger partial charge in [0, 0.05) is 6.04 Å². The topological polar surface area (TPSA) is 26.0 Å². The minimum absolute atomic E-state index is 0.481. The van der Waals surface area contributed by atoms with Crippen molar-refractivity contribution in [2.75, 3.05) is 0 Å². The van der Waals surface area contributed by atoms with E-state index in [1.54, 1.807) is 0 Å². The quantitative estimate of drug-likeness (QED) is 0.594. The predicted molar refractivity (Wildman–Crippen MR) is 44.7 cm³/mol. The van der Waals surface area contributed by atoms with Gasteiger partial charge in [-0.05, 0) is 30.6 Å². The van der Waals surface area contributed by atoms with E-state index < -0.39 is 0 Å². The molecule has 0 bridgehead atoms. The average Bonchev–Trinajstić information content (AvgIpc) is 2.10. The van der Waals surface area contributed by atoms with E-state index in [0.717, 1.165) is 17.8 Å². The Kier molecular flexibility index (Phi) is 2.35. The maximum atomic E-state index is 5.97. The van der Waals surface area contributed by atoms with Gasteiger partial charge in [0.1, 0.15) is 0 Å². The van der Waals surface area contributed by atoms with E-state index in [1.165, 1.54) is 12.8 Å². The van der Waals surface area contributed by atoms with Gasteiger partial charge in [-0.3, -0.25) is 0 Å². The molecule has 0 aromatic carbocycles. The molecule has 0 aromatic rings. The van der Waals surface area contributed by atoms with Gasteiger partial charge in [0.05, 0.1) is 0 Å². The van der Waals surface area contributed by atoms with E-state index in [1.807, 2.05) is 0 Å². The van der Waals surface area contributed by atoms with Gasteiger partial charge in [0.2, 0.25) is 0 Å². The fourth-order valence-electron chi connectivity index (χ4n) is 2.14. The first-order valence-electron chi connectivity index (χ1n) is 4.37. The SMILES string of the molecule is CC1CC(N)C(C(C)C)C1. The number of hydrogen-bond acceptors (Lipinski definition) is 1. The summed E-state index contributed by atoms with van der Waals surface area (Å²) in [6, 6.07) is 0.481. The number of nitrogens with two attached hydrogens (primary N) is 1. The van der Waals surface area contributed by atoms with Crippen LogP contribution in [0.25, 0.3) is 0 Å². The molecule has 1 aliphatic rings. The van der Waals surface area contributed by atoms with E-state index in [2.05, 4.69) is 20.8 Å². The van der Waals surface area contributed by atoms with Crippen molar-refractivity contribution in [2.24, 2.45) is 23.5 Å². The fraction of sp³-hybridized carbons (Fsp3) is 1.00. The van der Waals surface area contributed by atoms with Crippen LogP contribution in [0.5, 0.6) is 0 Å². The van der Waals surface area contributed by atoms with Crippen molar-refractivity contribution in [1.82, 2.24) is 0 Å².